The SMILES string of the molecule is C=N/C=C(\SCc1ccc(OC(C)C)c(C#N)c1)c1cccc2c1CCC2NSC1CC1. The van der Waals surface area contributed by atoms with Crippen LogP contribution in [0.3, 0.4) is 0 Å². The Morgan fingerprint density at radius 3 is 2.88 bits per heavy atom. The van der Waals surface area contributed by atoms with E-state index in [0.717, 1.165) is 34.3 Å². The minimum absolute atomic E-state index is 0.0386. The molecular weight excluding hydrogens is 434 g/mol. The number of benzene rings is 2. The molecule has 0 radical (unpaired) electrons. The molecule has 1 saturated carbocycles. The van der Waals surface area contributed by atoms with Gasteiger partial charge in [0.1, 0.15) is 11.8 Å². The second-order valence-electron chi connectivity index (χ2n) is 8.47. The van der Waals surface area contributed by atoms with Crippen molar-refractivity contribution in [1.29, 1.82) is 5.26 Å². The number of nitrogens with zero attached hydrogens (tertiary/aromatic N) is 2. The van der Waals surface area contributed by atoms with E-state index in [-0.39, 0.29) is 6.10 Å². The summed E-state index contributed by atoms with van der Waals surface area (Å²) in [5.41, 5.74) is 5.74. The fourth-order valence-electron chi connectivity index (χ4n) is 3.91. The van der Waals surface area contributed by atoms with Gasteiger partial charge in [-0.2, -0.15) is 5.26 Å². The summed E-state index contributed by atoms with van der Waals surface area (Å²) in [5, 5.41) is 10.3. The molecule has 166 valence electrons. The summed E-state index contributed by atoms with van der Waals surface area (Å²) in [7, 11) is 0. The molecule has 0 bridgehead atoms. The molecule has 2 aromatic carbocycles. The second kappa shape index (κ2) is 10.6. The number of hydrogen-bond acceptors (Lipinski definition) is 6. The van der Waals surface area contributed by atoms with Crippen LogP contribution in [0.5, 0.6) is 5.75 Å². The van der Waals surface area contributed by atoms with Crippen LogP contribution in [0.25, 0.3) is 4.91 Å². The van der Waals surface area contributed by atoms with Crippen LogP contribution in [0.4, 0.5) is 0 Å². The maximum atomic E-state index is 9.53. The number of thioether (sulfide) groups is 1. The van der Waals surface area contributed by atoms with Gasteiger partial charge in [-0.25, -0.2) is 0 Å². The van der Waals surface area contributed by atoms with Crippen LogP contribution in [-0.2, 0) is 12.2 Å². The van der Waals surface area contributed by atoms with E-state index >= 15 is 0 Å². The first-order valence-electron chi connectivity index (χ1n) is 11.1. The minimum atomic E-state index is 0.0386. The van der Waals surface area contributed by atoms with Crippen LogP contribution in [-0.4, -0.2) is 18.1 Å². The van der Waals surface area contributed by atoms with Gasteiger partial charge in [-0.1, -0.05) is 36.2 Å². The summed E-state index contributed by atoms with van der Waals surface area (Å²) >= 11 is 3.65. The highest BCUT2D eigenvalue weighted by atomic mass is 32.2. The van der Waals surface area contributed by atoms with Gasteiger partial charge in [-0.05, 0) is 80.6 Å². The van der Waals surface area contributed by atoms with Gasteiger partial charge in [0.15, 0.2) is 0 Å². The topological polar surface area (TPSA) is 57.4 Å². The summed E-state index contributed by atoms with van der Waals surface area (Å²) in [4.78, 5) is 5.21. The fourth-order valence-corrected chi connectivity index (χ4v) is 5.88. The van der Waals surface area contributed by atoms with Crippen LogP contribution in [0, 0.1) is 11.3 Å². The summed E-state index contributed by atoms with van der Waals surface area (Å²) in [5.74, 6) is 1.39. The quantitative estimate of drug-likeness (QED) is 0.315. The number of aliphatic imine (C=N–C) groups is 1. The number of nitriles is 1. The lowest BCUT2D eigenvalue weighted by molar-refractivity contribution is 0.241. The molecule has 32 heavy (non-hydrogen) atoms. The Morgan fingerprint density at radius 2 is 2.16 bits per heavy atom. The Balaban J connectivity index is 1.50. The van der Waals surface area contributed by atoms with Crippen molar-refractivity contribution in [3.63, 3.8) is 0 Å². The third-order valence-electron chi connectivity index (χ3n) is 5.57. The highest BCUT2D eigenvalue weighted by Gasteiger charge is 2.28. The Hall–Kier alpha value is -2.20. The van der Waals surface area contributed by atoms with Gasteiger partial charge in [0.05, 0.1) is 11.7 Å². The van der Waals surface area contributed by atoms with E-state index in [9.17, 15) is 5.26 Å². The molecule has 0 heterocycles. The summed E-state index contributed by atoms with van der Waals surface area (Å²) in [6.07, 6.45) is 6.78. The molecule has 1 N–H and O–H groups in total. The second-order valence-corrected chi connectivity index (χ2v) is 10.6. The molecule has 2 aromatic rings. The van der Waals surface area contributed by atoms with E-state index in [4.69, 9.17) is 4.74 Å². The number of hydrogen-bond donors (Lipinski definition) is 1. The first kappa shape index (κ1) is 23.0. The van der Waals surface area contributed by atoms with Crippen molar-refractivity contribution in [1.82, 2.24) is 4.72 Å². The average Bonchev–Trinajstić information content (AvgIpc) is 3.53. The molecule has 1 fully saturated rings. The van der Waals surface area contributed by atoms with Crippen molar-refractivity contribution in [2.24, 2.45) is 4.99 Å². The van der Waals surface area contributed by atoms with E-state index in [0.29, 0.717) is 17.4 Å². The highest BCUT2D eigenvalue weighted by molar-refractivity contribution is 8.07. The first-order chi connectivity index (χ1) is 15.6. The van der Waals surface area contributed by atoms with E-state index in [2.05, 4.69) is 40.7 Å². The van der Waals surface area contributed by atoms with E-state index in [1.165, 1.54) is 29.5 Å². The van der Waals surface area contributed by atoms with E-state index in [1.807, 2.05) is 50.2 Å². The molecule has 4 rings (SSSR count). The fraction of sp³-hybridized carbons (Fsp3) is 0.385. The lowest BCUT2D eigenvalue weighted by atomic mass is 10.0. The number of fused-ring (bicyclic) bond motifs is 1. The molecule has 2 aliphatic rings. The zero-order chi connectivity index (χ0) is 22.5. The largest absolute Gasteiger partial charge is 0.490 e. The predicted octanol–water partition coefficient (Wildman–Crippen LogP) is 6.67. The van der Waals surface area contributed by atoms with Gasteiger partial charge in [0.25, 0.3) is 0 Å². The molecule has 0 amide bonds. The maximum absolute atomic E-state index is 9.53. The Morgan fingerprint density at radius 1 is 1.31 bits per heavy atom. The molecular formula is C26H29N3OS2. The zero-order valence-corrected chi connectivity index (χ0v) is 20.3. The van der Waals surface area contributed by atoms with Gasteiger partial charge >= 0.3 is 0 Å². The molecule has 0 saturated heterocycles. The summed E-state index contributed by atoms with van der Waals surface area (Å²) in [6, 6.07) is 15.1. The minimum Gasteiger partial charge on any atom is -0.490 e. The number of rotatable bonds is 10. The van der Waals surface area contributed by atoms with Crippen LogP contribution in [0.2, 0.25) is 0 Å². The van der Waals surface area contributed by atoms with Crippen LogP contribution in [0.15, 0.2) is 47.6 Å². The normalized spacial score (nSPS) is 17.8. The summed E-state index contributed by atoms with van der Waals surface area (Å²) < 4.78 is 9.45. The van der Waals surface area contributed by atoms with Gasteiger partial charge < -0.3 is 4.74 Å². The van der Waals surface area contributed by atoms with Crippen LogP contribution >= 0.6 is 23.7 Å². The molecule has 0 aromatic heterocycles. The molecule has 4 nitrogen and oxygen atoms in total. The summed E-state index contributed by atoms with van der Waals surface area (Å²) in [6.45, 7) is 7.63. The zero-order valence-electron chi connectivity index (χ0n) is 18.6. The van der Waals surface area contributed by atoms with Gasteiger partial charge in [-0.3, -0.25) is 9.71 Å². The van der Waals surface area contributed by atoms with Crippen molar-refractivity contribution in [3.8, 4) is 11.8 Å². The smallest absolute Gasteiger partial charge is 0.137 e. The Kier molecular flexibility index (Phi) is 7.62. The molecule has 2 aliphatic carbocycles. The molecule has 6 heteroatoms. The van der Waals surface area contributed by atoms with Crippen molar-refractivity contribution >= 4 is 35.3 Å². The van der Waals surface area contributed by atoms with Crippen LogP contribution < -0.4 is 9.46 Å². The van der Waals surface area contributed by atoms with Crippen LogP contribution in [0.1, 0.15) is 67.0 Å². The predicted molar refractivity (Wildman–Crippen MR) is 137 cm³/mol. The third-order valence-corrected chi connectivity index (χ3v) is 7.91. The maximum Gasteiger partial charge on any atom is 0.137 e. The molecule has 1 unspecified atom stereocenters. The first-order valence-corrected chi connectivity index (χ1v) is 13.0. The average molecular weight is 464 g/mol. The molecule has 1 atom stereocenters. The monoisotopic (exact) mass is 463 g/mol. The van der Waals surface area contributed by atoms with Crippen molar-refractivity contribution in [2.75, 3.05) is 0 Å². The molecule has 0 spiro atoms. The lowest BCUT2D eigenvalue weighted by Crippen LogP contribution is -2.11. The highest BCUT2D eigenvalue weighted by Crippen LogP contribution is 2.42. The lowest BCUT2D eigenvalue weighted by Gasteiger charge is -2.16. The van der Waals surface area contributed by atoms with Crippen molar-refractivity contribution in [3.05, 3.63) is 70.4 Å². The Labute approximate surface area is 199 Å². The Bertz CT molecular complexity index is 1050. The number of nitrogens with one attached hydrogen (secondary N) is 1. The van der Waals surface area contributed by atoms with Gasteiger partial charge in [0, 0.05) is 28.1 Å². The van der Waals surface area contributed by atoms with E-state index in [1.54, 1.807) is 11.8 Å². The van der Waals surface area contributed by atoms with Gasteiger partial charge in [0.2, 0.25) is 0 Å². The van der Waals surface area contributed by atoms with Crippen molar-refractivity contribution < 1.29 is 4.74 Å². The number of ether oxygens (including phenoxy) is 1. The molecule has 0 aliphatic heterocycles. The van der Waals surface area contributed by atoms with E-state index < -0.39 is 0 Å². The van der Waals surface area contributed by atoms with Crippen molar-refractivity contribution in [2.45, 2.75) is 62.7 Å². The van der Waals surface area contributed by atoms with Gasteiger partial charge in [-0.15, -0.1) is 11.8 Å². The third kappa shape index (κ3) is 5.58. The standard InChI is InChI=1S/C26H29N3OS2/c1-17(2)30-25-12-7-18(13-19(25)14-27)16-31-26(15-28-3)23-6-4-5-22-21(23)10-11-24(22)29-32-20-8-9-20/h4-7,12-13,15,17,20,24,29H,3,8-11,16H2,1-2H3/b26-15-.